The molecule has 0 spiro atoms. The minimum absolute atomic E-state index is 0.445. The van der Waals surface area contributed by atoms with Crippen LogP contribution in [0, 0.1) is 5.92 Å². The molecule has 2 aliphatic carbocycles. The molecule has 0 N–H and O–H groups in total. The summed E-state index contributed by atoms with van der Waals surface area (Å²) in [5.74, 6) is 1.97. The van der Waals surface area contributed by atoms with Gasteiger partial charge in [0.05, 0.1) is 29.7 Å². The van der Waals surface area contributed by atoms with Crippen LogP contribution in [0.1, 0.15) is 66.6 Å². The van der Waals surface area contributed by atoms with Gasteiger partial charge in [-0.15, -0.1) is 0 Å². The van der Waals surface area contributed by atoms with E-state index in [4.69, 9.17) is 9.97 Å². The summed E-state index contributed by atoms with van der Waals surface area (Å²) in [6.45, 7) is 4.19. The van der Waals surface area contributed by atoms with Crippen LogP contribution in [-0.4, -0.2) is 51.5 Å². The molecule has 0 saturated carbocycles. The van der Waals surface area contributed by atoms with E-state index in [0.717, 1.165) is 51.4 Å². The monoisotopic (exact) mass is 431 g/mol. The quantitative estimate of drug-likeness (QED) is 0.667. The summed E-state index contributed by atoms with van der Waals surface area (Å²) in [5.41, 5.74) is 5.37. The van der Waals surface area contributed by atoms with Gasteiger partial charge in [-0.05, 0) is 95.8 Å². The van der Waals surface area contributed by atoms with Gasteiger partial charge in [-0.1, -0.05) is 24.3 Å². The van der Waals surface area contributed by atoms with Crippen LogP contribution < -0.4 is 0 Å². The molecule has 1 saturated heterocycles. The fourth-order valence-electron chi connectivity index (χ4n) is 5.87. The van der Waals surface area contributed by atoms with Gasteiger partial charge >= 0.3 is 0 Å². The Labute approximate surface area is 192 Å². The van der Waals surface area contributed by atoms with Gasteiger partial charge < -0.3 is 9.47 Å². The number of rotatable bonds is 6. The predicted molar refractivity (Wildman–Crippen MR) is 130 cm³/mol. The standard InChI is InChI=1S/C27H37N5/c1-30(2)17-9-19-32-24-13-6-4-3-5-12-23(24)29-25(32)20-31-18-8-11-22-15-14-21-10-7-16-28-26(21)27(22)31/h3-4,6-7,10,13,16,22,27H,5,8-9,11-12,14-15,17-20H2,1-2H3/b4-3-,13-6-/t22-,27+/m0/s1. The summed E-state index contributed by atoms with van der Waals surface area (Å²) in [5, 5.41) is 0. The Morgan fingerprint density at radius 2 is 2.09 bits per heavy atom. The SMILES string of the molecule is CN(C)CCCn1c(CN2CCC[C@H]3CCc4cccnc4[C@@H]32)nc2c1/C=C\C=C/CC2. The molecule has 2 aromatic rings. The number of allylic oxidation sites excluding steroid dienone is 3. The molecule has 0 amide bonds. The van der Waals surface area contributed by atoms with Crippen molar-refractivity contribution in [1.82, 2.24) is 24.3 Å². The summed E-state index contributed by atoms with van der Waals surface area (Å²) in [7, 11) is 4.32. The molecule has 1 fully saturated rings. The first-order chi connectivity index (χ1) is 15.7. The Bertz CT molecular complexity index is 986. The van der Waals surface area contributed by atoms with Crippen molar-refractivity contribution < 1.29 is 0 Å². The van der Waals surface area contributed by atoms with Crippen molar-refractivity contribution in [3.63, 3.8) is 0 Å². The summed E-state index contributed by atoms with van der Waals surface area (Å²) in [6, 6.07) is 4.83. The predicted octanol–water partition coefficient (Wildman–Crippen LogP) is 4.64. The van der Waals surface area contributed by atoms with E-state index in [1.807, 2.05) is 6.20 Å². The number of pyridine rings is 1. The fraction of sp³-hybridized carbons (Fsp3) is 0.556. The van der Waals surface area contributed by atoms with E-state index in [9.17, 15) is 0 Å². The molecule has 0 bridgehead atoms. The zero-order chi connectivity index (χ0) is 21.9. The van der Waals surface area contributed by atoms with E-state index < -0.39 is 0 Å². The van der Waals surface area contributed by atoms with Crippen molar-refractivity contribution in [3.05, 3.63) is 65.0 Å². The van der Waals surface area contributed by atoms with E-state index in [-0.39, 0.29) is 0 Å². The highest BCUT2D eigenvalue weighted by atomic mass is 15.2. The maximum absolute atomic E-state index is 5.24. The first-order valence-electron chi connectivity index (χ1n) is 12.4. The number of aryl methyl sites for hydroxylation is 2. The van der Waals surface area contributed by atoms with Gasteiger partial charge in [-0.3, -0.25) is 9.88 Å². The largest absolute Gasteiger partial charge is 0.327 e. The Kier molecular flexibility index (Phi) is 6.56. The van der Waals surface area contributed by atoms with Crippen LogP contribution in [0.4, 0.5) is 0 Å². The fourth-order valence-corrected chi connectivity index (χ4v) is 5.87. The summed E-state index contributed by atoms with van der Waals surface area (Å²) in [6.07, 6.45) is 19.2. The van der Waals surface area contributed by atoms with Gasteiger partial charge in [-0.2, -0.15) is 0 Å². The molecular weight excluding hydrogens is 394 g/mol. The number of aromatic nitrogens is 3. The Balaban J connectivity index is 1.46. The van der Waals surface area contributed by atoms with Crippen LogP contribution in [0.15, 0.2) is 36.6 Å². The molecule has 32 heavy (non-hydrogen) atoms. The first kappa shape index (κ1) is 21.6. The van der Waals surface area contributed by atoms with Crippen LogP contribution in [0.25, 0.3) is 6.08 Å². The molecule has 3 heterocycles. The Morgan fingerprint density at radius 1 is 1.16 bits per heavy atom. The number of hydrogen-bond acceptors (Lipinski definition) is 4. The van der Waals surface area contributed by atoms with Crippen molar-refractivity contribution in [1.29, 1.82) is 0 Å². The van der Waals surface area contributed by atoms with Gasteiger partial charge in [0.15, 0.2) is 0 Å². The van der Waals surface area contributed by atoms with Crippen LogP contribution >= 0.6 is 0 Å². The second kappa shape index (κ2) is 9.72. The number of hydrogen-bond donors (Lipinski definition) is 0. The molecule has 5 rings (SSSR count). The van der Waals surface area contributed by atoms with E-state index in [0.29, 0.717) is 6.04 Å². The van der Waals surface area contributed by atoms with Gasteiger partial charge in [-0.25, -0.2) is 4.98 Å². The third-order valence-corrected chi connectivity index (χ3v) is 7.39. The summed E-state index contributed by atoms with van der Waals surface area (Å²) >= 11 is 0. The molecule has 2 atom stereocenters. The normalized spacial score (nSPS) is 24.8. The molecule has 5 nitrogen and oxygen atoms in total. The topological polar surface area (TPSA) is 37.2 Å². The van der Waals surface area contributed by atoms with Crippen LogP contribution in [-0.2, 0) is 25.9 Å². The molecule has 170 valence electrons. The van der Waals surface area contributed by atoms with Crippen LogP contribution in [0.5, 0.6) is 0 Å². The molecule has 2 aromatic heterocycles. The second-order valence-electron chi connectivity index (χ2n) is 9.90. The maximum atomic E-state index is 5.24. The van der Waals surface area contributed by atoms with Crippen LogP contribution in [0.2, 0.25) is 0 Å². The third kappa shape index (κ3) is 4.46. The van der Waals surface area contributed by atoms with Crippen molar-refractivity contribution in [2.24, 2.45) is 5.92 Å². The zero-order valence-electron chi connectivity index (χ0n) is 19.7. The molecule has 3 aliphatic rings. The lowest BCUT2D eigenvalue weighted by molar-refractivity contribution is 0.0662. The number of imidazole rings is 1. The lowest BCUT2D eigenvalue weighted by atomic mass is 9.77. The van der Waals surface area contributed by atoms with Gasteiger partial charge in [0.25, 0.3) is 0 Å². The molecule has 0 radical (unpaired) electrons. The third-order valence-electron chi connectivity index (χ3n) is 7.39. The number of fused-ring (bicyclic) bond motifs is 4. The lowest BCUT2D eigenvalue weighted by Crippen LogP contribution is -2.42. The molecule has 1 aliphatic heterocycles. The summed E-state index contributed by atoms with van der Waals surface area (Å²) in [4.78, 5) is 15.1. The van der Waals surface area contributed by atoms with Gasteiger partial charge in [0.1, 0.15) is 5.82 Å². The van der Waals surface area contributed by atoms with Crippen molar-refractivity contribution >= 4 is 6.08 Å². The maximum Gasteiger partial charge on any atom is 0.123 e. The Morgan fingerprint density at radius 3 is 3.00 bits per heavy atom. The Hall–Kier alpha value is -2.24. The number of piperidine rings is 1. The van der Waals surface area contributed by atoms with E-state index in [1.54, 1.807) is 0 Å². The zero-order valence-corrected chi connectivity index (χ0v) is 19.7. The number of nitrogens with zero attached hydrogens (tertiary/aromatic N) is 5. The van der Waals surface area contributed by atoms with Crippen molar-refractivity contribution in [3.8, 4) is 0 Å². The van der Waals surface area contributed by atoms with E-state index in [2.05, 4.69) is 64.9 Å². The molecular formula is C27H37N5. The highest BCUT2D eigenvalue weighted by Crippen LogP contribution is 2.43. The van der Waals surface area contributed by atoms with Crippen LogP contribution in [0.3, 0.4) is 0 Å². The minimum Gasteiger partial charge on any atom is -0.327 e. The average Bonchev–Trinajstić information content (AvgIpc) is 3.08. The molecule has 0 unspecified atom stereocenters. The number of likely N-dealkylation sites (tertiary alicyclic amines) is 1. The molecule has 5 heteroatoms. The van der Waals surface area contributed by atoms with Gasteiger partial charge in [0, 0.05) is 12.7 Å². The molecule has 0 aromatic carbocycles. The smallest absolute Gasteiger partial charge is 0.123 e. The van der Waals surface area contributed by atoms with Crippen molar-refractivity contribution in [2.75, 3.05) is 27.2 Å². The highest BCUT2D eigenvalue weighted by molar-refractivity contribution is 5.52. The van der Waals surface area contributed by atoms with Gasteiger partial charge in [0.2, 0.25) is 0 Å². The lowest BCUT2D eigenvalue weighted by Gasteiger charge is -2.44. The minimum atomic E-state index is 0.445. The highest BCUT2D eigenvalue weighted by Gasteiger charge is 2.38. The first-order valence-corrected chi connectivity index (χ1v) is 12.4. The second-order valence-corrected chi connectivity index (χ2v) is 9.90. The van der Waals surface area contributed by atoms with E-state index in [1.165, 1.54) is 54.2 Å². The summed E-state index contributed by atoms with van der Waals surface area (Å²) < 4.78 is 2.51. The average molecular weight is 432 g/mol. The van der Waals surface area contributed by atoms with E-state index >= 15 is 0 Å². The van der Waals surface area contributed by atoms with Crippen molar-refractivity contribution in [2.45, 2.75) is 64.1 Å².